The van der Waals surface area contributed by atoms with Crippen LogP contribution in [0.3, 0.4) is 0 Å². The number of aromatic nitrogens is 2. The van der Waals surface area contributed by atoms with Crippen LogP contribution in [0, 0.1) is 0 Å². The summed E-state index contributed by atoms with van der Waals surface area (Å²) in [4.78, 5) is 12.2. The number of carbonyl (C=O) groups is 1. The van der Waals surface area contributed by atoms with Gasteiger partial charge in [0.15, 0.2) is 0 Å². The second-order valence-electron chi connectivity index (χ2n) is 5.14. The Hall–Kier alpha value is -2.67. The van der Waals surface area contributed by atoms with Gasteiger partial charge in [-0.2, -0.15) is 0 Å². The van der Waals surface area contributed by atoms with Crippen molar-refractivity contribution in [3.8, 4) is 11.5 Å². The van der Waals surface area contributed by atoms with E-state index >= 15 is 0 Å². The SMILES string of the molecule is COc1ccc(CCNC(=O)c2ccc3snnc3c2)c(OC)c1. The lowest BCUT2D eigenvalue weighted by molar-refractivity contribution is 0.0954. The molecule has 0 fully saturated rings. The predicted octanol–water partition coefficient (Wildman–Crippen LogP) is 2.68. The minimum Gasteiger partial charge on any atom is -0.497 e. The van der Waals surface area contributed by atoms with E-state index in [2.05, 4.69) is 14.9 Å². The minimum absolute atomic E-state index is 0.127. The highest BCUT2D eigenvalue weighted by Gasteiger charge is 2.09. The van der Waals surface area contributed by atoms with Crippen LogP contribution in [0.2, 0.25) is 0 Å². The Morgan fingerprint density at radius 1 is 1.17 bits per heavy atom. The first-order chi connectivity index (χ1) is 11.7. The topological polar surface area (TPSA) is 73.3 Å². The Balaban J connectivity index is 1.62. The van der Waals surface area contributed by atoms with Gasteiger partial charge in [0.1, 0.15) is 17.0 Å². The van der Waals surface area contributed by atoms with Gasteiger partial charge in [-0.1, -0.05) is 10.6 Å². The molecule has 0 radical (unpaired) electrons. The molecule has 0 aliphatic heterocycles. The molecule has 0 unspecified atom stereocenters. The van der Waals surface area contributed by atoms with E-state index in [0.29, 0.717) is 18.5 Å². The highest BCUT2D eigenvalue weighted by Crippen LogP contribution is 2.24. The van der Waals surface area contributed by atoms with Gasteiger partial charge in [-0.25, -0.2) is 0 Å². The Kier molecular flexibility index (Phi) is 4.90. The average Bonchev–Trinajstić information content (AvgIpc) is 3.09. The number of amides is 1. The first-order valence-electron chi connectivity index (χ1n) is 7.42. The number of hydrogen-bond acceptors (Lipinski definition) is 6. The van der Waals surface area contributed by atoms with E-state index < -0.39 is 0 Å². The van der Waals surface area contributed by atoms with E-state index in [1.54, 1.807) is 26.4 Å². The van der Waals surface area contributed by atoms with Crippen LogP contribution in [0.25, 0.3) is 10.2 Å². The number of hydrogen-bond donors (Lipinski definition) is 1. The zero-order chi connectivity index (χ0) is 16.9. The summed E-state index contributed by atoms with van der Waals surface area (Å²) in [5.74, 6) is 1.36. The van der Waals surface area contributed by atoms with Gasteiger partial charge < -0.3 is 14.8 Å². The van der Waals surface area contributed by atoms with E-state index in [1.165, 1.54) is 11.5 Å². The summed E-state index contributed by atoms with van der Waals surface area (Å²) in [6.07, 6.45) is 0.666. The average molecular weight is 343 g/mol. The summed E-state index contributed by atoms with van der Waals surface area (Å²) in [7, 11) is 3.23. The summed E-state index contributed by atoms with van der Waals surface area (Å²) in [5, 5.41) is 6.90. The lowest BCUT2D eigenvalue weighted by Gasteiger charge is -2.11. The van der Waals surface area contributed by atoms with E-state index in [-0.39, 0.29) is 5.91 Å². The molecule has 1 N–H and O–H groups in total. The number of fused-ring (bicyclic) bond motifs is 1. The van der Waals surface area contributed by atoms with Gasteiger partial charge >= 0.3 is 0 Å². The number of rotatable bonds is 6. The third-order valence-electron chi connectivity index (χ3n) is 3.68. The van der Waals surface area contributed by atoms with Crippen molar-refractivity contribution >= 4 is 27.7 Å². The van der Waals surface area contributed by atoms with Crippen LogP contribution >= 0.6 is 11.5 Å². The molecule has 1 amide bonds. The Morgan fingerprint density at radius 3 is 2.83 bits per heavy atom. The molecule has 0 atom stereocenters. The quantitative estimate of drug-likeness (QED) is 0.745. The standard InChI is InChI=1S/C17H17N3O3S/c1-22-13-5-3-11(15(10-13)23-2)7-8-18-17(21)12-4-6-16-14(9-12)19-20-24-16/h3-6,9-10H,7-8H2,1-2H3,(H,18,21). The summed E-state index contributed by atoms with van der Waals surface area (Å²) in [5.41, 5.74) is 2.33. The Morgan fingerprint density at radius 2 is 2.04 bits per heavy atom. The molecule has 1 heterocycles. The van der Waals surface area contributed by atoms with Gasteiger partial charge in [0, 0.05) is 18.2 Å². The fraction of sp³-hybridized carbons (Fsp3) is 0.235. The molecule has 24 heavy (non-hydrogen) atoms. The maximum absolute atomic E-state index is 12.2. The number of benzene rings is 2. The summed E-state index contributed by atoms with van der Waals surface area (Å²) < 4.78 is 15.4. The maximum atomic E-state index is 12.2. The molecular formula is C17H17N3O3S. The summed E-state index contributed by atoms with van der Waals surface area (Å²) in [6, 6.07) is 11.1. The van der Waals surface area contributed by atoms with Crippen LogP contribution in [-0.2, 0) is 6.42 Å². The largest absolute Gasteiger partial charge is 0.497 e. The highest BCUT2D eigenvalue weighted by molar-refractivity contribution is 7.12. The van der Waals surface area contributed by atoms with Gasteiger partial charge in [0.25, 0.3) is 5.91 Å². The monoisotopic (exact) mass is 343 g/mol. The van der Waals surface area contributed by atoms with Crippen LogP contribution in [0.5, 0.6) is 11.5 Å². The molecule has 0 saturated carbocycles. The molecule has 3 rings (SSSR count). The van der Waals surface area contributed by atoms with E-state index in [0.717, 1.165) is 27.3 Å². The smallest absolute Gasteiger partial charge is 0.251 e. The second kappa shape index (κ2) is 7.27. The van der Waals surface area contributed by atoms with Gasteiger partial charge in [0.2, 0.25) is 0 Å². The molecule has 0 spiro atoms. The fourth-order valence-corrected chi connectivity index (χ4v) is 2.93. The van der Waals surface area contributed by atoms with E-state index in [4.69, 9.17) is 9.47 Å². The van der Waals surface area contributed by atoms with Crippen LogP contribution in [0.15, 0.2) is 36.4 Å². The fourth-order valence-electron chi connectivity index (χ4n) is 2.39. The molecule has 2 aromatic carbocycles. The van der Waals surface area contributed by atoms with Crippen LogP contribution in [0.1, 0.15) is 15.9 Å². The summed E-state index contributed by atoms with van der Waals surface area (Å²) in [6.45, 7) is 0.509. The zero-order valence-corrected chi connectivity index (χ0v) is 14.2. The van der Waals surface area contributed by atoms with Crippen molar-refractivity contribution in [1.29, 1.82) is 0 Å². The molecule has 0 aliphatic carbocycles. The molecule has 6 nitrogen and oxygen atoms in total. The lowest BCUT2D eigenvalue weighted by Crippen LogP contribution is -2.25. The second-order valence-corrected chi connectivity index (χ2v) is 5.92. The minimum atomic E-state index is -0.127. The predicted molar refractivity (Wildman–Crippen MR) is 93.0 cm³/mol. The Labute approximate surface area is 143 Å². The van der Waals surface area contributed by atoms with Crippen molar-refractivity contribution in [3.05, 3.63) is 47.5 Å². The third-order valence-corrected chi connectivity index (χ3v) is 4.39. The third kappa shape index (κ3) is 3.46. The van der Waals surface area contributed by atoms with Gasteiger partial charge in [0.05, 0.1) is 18.9 Å². The van der Waals surface area contributed by atoms with Crippen molar-refractivity contribution in [2.45, 2.75) is 6.42 Å². The maximum Gasteiger partial charge on any atom is 0.251 e. The van der Waals surface area contributed by atoms with Crippen molar-refractivity contribution in [2.24, 2.45) is 0 Å². The van der Waals surface area contributed by atoms with Crippen LogP contribution in [0.4, 0.5) is 0 Å². The van der Waals surface area contributed by atoms with Crippen molar-refractivity contribution in [3.63, 3.8) is 0 Å². The van der Waals surface area contributed by atoms with Gasteiger partial charge in [-0.05, 0) is 47.8 Å². The zero-order valence-electron chi connectivity index (χ0n) is 13.4. The van der Waals surface area contributed by atoms with Crippen molar-refractivity contribution in [1.82, 2.24) is 14.9 Å². The molecule has 0 bridgehead atoms. The molecule has 7 heteroatoms. The van der Waals surface area contributed by atoms with Gasteiger partial charge in [-0.3, -0.25) is 4.79 Å². The van der Waals surface area contributed by atoms with Gasteiger partial charge in [-0.15, -0.1) is 5.10 Å². The van der Waals surface area contributed by atoms with E-state index in [9.17, 15) is 4.79 Å². The number of methoxy groups -OCH3 is 2. The lowest BCUT2D eigenvalue weighted by atomic mass is 10.1. The number of nitrogens with zero attached hydrogens (tertiary/aromatic N) is 2. The molecule has 1 aromatic heterocycles. The Bertz CT molecular complexity index is 863. The van der Waals surface area contributed by atoms with E-state index in [1.807, 2.05) is 24.3 Å². The molecular weight excluding hydrogens is 326 g/mol. The molecule has 0 saturated heterocycles. The molecule has 3 aromatic rings. The summed E-state index contributed by atoms with van der Waals surface area (Å²) >= 11 is 1.31. The molecule has 0 aliphatic rings. The normalized spacial score (nSPS) is 10.6. The number of ether oxygens (including phenoxy) is 2. The number of carbonyl (C=O) groups excluding carboxylic acids is 1. The van der Waals surface area contributed by atoms with Crippen LogP contribution < -0.4 is 14.8 Å². The molecule has 124 valence electrons. The first-order valence-corrected chi connectivity index (χ1v) is 8.20. The number of nitrogens with one attached hydrogen (secondary N) is 1. The van der Waals surface area contributed by atoms with Crippen molar-refractivity contribution in [2.75, 3.05) is 20.8 Å². The highest BCUT2D eigenvalue weighted by atomic mass is 32.1. The first kappa shape index (κ1) is 16.2. The van der Waals surface area contributed by atoms with Crippen molar-refractivity contribution < 1.29 is 14.3 Å². The van der Waals surface area contributed by atoms with Crippen LogP contribution in [-0.4, -0.2) is 36.3 Å².